The van der Waals surface area contributed by atoms with E-state index in [2.05, 4.69) is 31.6 Å². The van der Waals surface area contributed by atoms with Crippen LogP contribution in [0, 0.1) is 0 Å². The molecule has 0 aliphatic heterocycles. The lowest BCUT2D eigenvalue weighted by Crippen LogP contribution is -1.99. The molecule has 2 N–H and O–H groups in total. The van der Waals surface area contributed by atoms with Crippen LogP contribution in [0.5, 0.6) is 0 Å². The Bertz CT molecular complexity index is 481. The first-order chi connectivity index (χ1) is 7.24. The quantitative estimate of drug-likeness (QED) is 0.882. The van der Waals surface area contributed by atoms with Crippen LogP contribution in [0.25, 0.3) is 5.65 Å². The van der Waals surface area contributed by atoms with Crippen molar-refractivity contribution in [3.05, 3.63) is 28.5 Å². The Morgan fingerprint density at radius 3 is 3.07 bits per heavy atom. The van der Waals surface area contributed by atoms with Crippen LogP contribution >= 0.6 is 27.7 Å². The molecule has 0 saturated heterocycles. The lowest BCUT2D eigenvalue weighted by Gasteiger charge is -2.03. The second-order valence-corrected chi connectivity index (χ2v) is 5.03. The van der Waals surface area contributed by atoms with Gasteiger partial charge in [-0.2, -0.15) is 11.8 Å². The molecule has 0 atom stereocenters. The van der Waals surface area contributed by atoms with E-state index in [0.717, 1.165) is 28.1 Å². The zero-order valence-corrected chi connectivity index (χ0v) is 10.8. The smallest absolute Gasteiger partial charge is 0.146 e. The van der Waals surface area contributed by atoms with E-state index < -0.39 is 0 Å². The number of nitrogen functional groups attached to an aromatic ring is 1. The fourth-order valence-corrected chi connectivity index (χ4v) is 2.51. The summed E-state index contributed by atoms with van der Waals surface area (Å²) in [6.07, 6.45) is 3.03. The van der Waals surface area contributed by atoms with Crippen LogP contribution in [0.1, 0.15) is 5.69 Å². The van der Waals surface area contributed by atoms with Crippen molar-refractivity contribution in [2.45, 2.75) is 6.42 Å². The van der Waals surface area contributed by atoms with E-state index in [-0.39, 0.29) is 0 Å². The number of nitrogens with zero attached hydrogens (tertiary/aromatic N) is 2. The van der Waals surface area contributed by atoms with Crippen LogP contribution in [0.15, 0.2) is 22.8 Å². The van der Waals surface area contributed by atoms with Gasteiger partial charge in [0.15, 0.2) is 0 Å². The second kappa shape index (κ2) is 4.45. The molecule has 2 aromatic rings. The van der Waals surface area contributed by atoms with E-state index in [9.17, 15) is 0 Å². The van der Waals surface area contributed by atoms with Crippen molar-refractivity contribution in [1.82, 2.24) is 9.38 Å². The molecule has 0 radical (unpaired) electrons. The number of nitrogens with two attached hydrogens (primary N) is 1. The van der Waals surface area contributed by atoms with Crippen LogP contribution in [0.2, 0.25) is 0 Å². The third-order valence-electron chi connectivity index (χ3n) is 2.27. The highest BCUT2D eigenvalue weighted by molar-refractivity contribution is 9.10. The summed E-state index contributed by atoms with van der Waals surface area (Å²) in [5, 5.41) is 0. The first-order valence-electron chi connectivity index (χ1n) is 4.64. The molecule has 0 fully saturated rings. The Morgan fingerprint density at radius 2 is 2.33 bits per heavy atom. The monoisotopic (exact) mass is 285 g/mol. The Balaban J connectivity index is 2.55. The molecule has 5 heteroatoms. The van der Waals surface area contributed by atoms with Crippen molar-refractivity contribution in [3.63, 3.8) is 0 Å². The summed E-state index contributed by atoms with van der Waals surface area (Å²) in [5.74, 6) is 1.69. The maximum atomic E-state index is 5.90. The molecule has 15 heavy (non-hydrogen) atoms. The van der Waals surface area contributed by atoms with Crippen molar-refractivity contribution in [3.8, 4) is 0 Å². The molecular weight excluding hydrogens is 274 g/mol. The van der Waals surface area contributed by atoms with Crippen LogP contribution in [-0.2, 0) is 6.42 Å². The van der Waals surface area contributed by atoms with Gasteiger partial charge in [-0.25, -0.2) is 4.98 Å². The number of rotatable bonds is 3. The van der Waals surface area contributed by atoms with Gasteiger partial charge in [0.05, 0.1) is 10.3 Å². The largest absolute Gasteiger partial charge is 0.382 e. The van der Waals surface area contributed by atoms with Crippen molar-refractivity contribution >= 4 is 39.2 Å². The molecule has 80 valence electrons. The standard InChI is InChI=1S/C10H12BrN3S/c1-15-6-5-7-10(12)13-9-4-2-3-8(11)14(7)9/h2-4H,5-6,12H2,1H3. The SMILES string of the molecule is CSCCc1c(N)nc2cccc(Br)n12. The lowest BCUT2D eigenvalue weighted by molar-refractivity contribution is 0.989. The molecule has 2 aromatic heterocycles. The van der Waals surface area contributed by atoms with E-state index in [0.29, 0.717) is 5.82 Å². The third-order valence-corrected chi connectivity index (χ3v) is 3.50. The van der Waals surface area contributed by atoms with Crippen LogP contribution in [0.4, 0.5) is 5.82 Å². The van der Waals surface area contributed by atoms with Crippen molar-refractivity contribution in [2.75, 3.05) is 17.7 Å². The maximum absolute atomic E-state index is 5.90. The Kier molecular flexibility index (Phi) is 3.21. The summed E-state index contributed by atoms with van der Waals surface area (Å²) < 4.78 is 3.06. The van der Waals surface area contributed by atoms with Gasteiger partial charge in [-0.1, -0.05) is 6.07 Å². The number of imidazole rings is 1. The number of hydrogen-bond donors (Lipinski definition) is 1. The number of thioether (sulfide) groups is 1. The molecule has 0 amide bonds. The molecular formula is C10H12BrN3S. The molecule has 0 aliphatic rings. The maximum Gasteiger partial charge on any atom is 0.146 e. The molecule has 0 spiro atoms. The molecule has 2 heterocycles. The van der Waals surface area contributed by atoms with Crippen molar-refractivity contribution in [2.24, 2.45) is 0 Å². The zero-order chi connectivity index (χ0) is 10.8. The topological polar surface area (TPSA) is 43.3 Å². The van der Waals surface area contributed by atoms with Crippen molar-refractivity contribution in [1.29, 1.82) is 0 Å². The van der Waals surface area contributed by atoms with Gasteiger partial charge in [0.1, 0.15) is 11.5 Å². The molecule has 0 aliphatic carbocycles. The highest BCUT2D eigenvalue weighted by Crippen LogP contribution is 2.21. The number of aryl methyl sites for hydroxylation is 1. The summed E-state index contributed by atoms with van der Waals surface area (Å²) in [7, 11) is 0. The second-order valence-electron chi connectivity index (χ2n) is 3.23. The number of fused-ring (bicyclic) bond motifs is 1. The summed E-state index contributed by atoms with van der Waals surface area (Å²) in [6.45, 7) is 0. The first kappa shape index (κ1) is 10.8. The van der Waals surface area contributed by atoms with E-state index in [1.54, 1.807) is 0 Å². The average Bonchev–Trinajstić information content (AvgIpc) is 2.53. The van der Waals surface area contributed by atoms with E-state index in [1.165, 1.54) is 0 Å². The molecule has 3 nitrogen and oxygen atoms in total. The number of halogens is 1. The van der Waals surface area contributed by atoms with E-state index in [1.807, 2.05) is 30.0 Å². The summed E-state index contributed by atoms with van der Waals surface area (Å²) in [4.78, 5) is 4.33. The molecule has 0 aromatic carbocycles. The number of hydrogen-bond acceptors (Lipinski definition) is 3. The minimum Gasteiger partial charge on any atom is -0.382 e. The Hall–Kier alpha value is -0.680. The molecule has 0 unspecified atom stereocenters. The highest BCUT2D eigenvalue weighted by atomic mass is 79.9. The molecule has 0 bridgehead atoms. The predicted octanol–water partition coefficient (Wildman–Crippen LogP) is 2.58. The van der Waals surface area contributed by atoms with Gasteiger partial charge in [-0.05, 0) is 40.1 Å². The van der Waals surface area contributed by atoms with Gasteiger partial charge in [0, 0.05) is 6.42 Å². The Labute approximate surface area is 101 Å². The average molecular weight is 286 g/mol. The number of pyridine rings is 1. The number of anilines is 1. The minimum atomic E-state index is 0.635. The number of aromatic nitrogens is 2. The zero-order valence-electron chi connectivity index (χ0n) is 8.40. The normalized spacial score (nSPS) is 11.1. The van der Waals surface area contributed by atoms with E-state index >= 15 is 0 Å². The van der Waals surface area contributed by atoms with Gasteiger partial charge in [0.2, 0.25) is 0 Å². The van der Waals surface area contributed by atoms with Gasteiger partial charge in [-0.3, -0.25) is 4.40 Å². The van der Waals surface area contributed by atoms with Gasteiger partial charge < -0.3 is 5.73 Å². The van der Waals surface area contributed by atoms with E-state index in [4.69, 9.17) is 5.73 Å². The van der Waals surface area contributed by atoms with Crippen LogP contribution in [0.3, 0.4) is 0 Å². The fourth-order valence-electron chi connectivity index (χ4n) is 1.57. The van der Waals surface area contributed by atoms with Crippen molar-refractivity contribution < 1.29 is 0 Å². The summed E-state index contributed by atoms with van der Waals surface area (Å²) in [6, 6.07) is 5.92. The van der Waals surface area contributed by atoms with Gasteiger partial charge in [0.25, 0.3) is 0 Å². The fraction of sp³-hybridized carbons (Fsp3) is 0.300. The summed E-state index contributed by atoms with van der Waals surface area (Å²) in [5.41, 5.74) is 7.89. The first-order valence-corrected chi connectivity index (χ1v) is 6.83. The predicted molar refractivity (Wildman–Crippen MR) is 69.4 cm³/mol. The Morgan fingerprint density at radius 1 is 1.53 bits per heavy atom. The minimum absolute atomic E-state index is 0.635. The van der Waals surface area contributed by atoms with Gasteiger partial charge in [-0.15, -0.1) is 0 Å². The molecule has 2 rings (SSSR count). The summed E-state index contributed by atoms with van der Waals surface area (Å²) >= 11 is 5.32. The third kappa shape index (κ3) is 1.99. The lowest BCUT2D eigenvalue weighted by atomic mass is 10.3. The molecule has 0 saturated carbocycles. The van der Waals surface area contributed by atoms with Gasteiger partial charge >= 0.3 is 0 Å². The van der Waals surface area contributed by atoms with Crippen LogP contribution < -0.4 is 5.73 Å². The van der Waals surface area contributed by atoms with Crippen LogP contribution in [-0.4, -0.2) is 21.4 Å². The highest BCUT2D eigenvalue weighted by Gasteiger charge is 2.10.